The molecule has 14 heteroatoms. The molecule has 1 aliphatic heterocycles. The summed E-state index contributed by atoms with van der Waals surface area (Å²) in [6.07, 6.45) is 4.62. The molecule has 0 amide bonds. The Morgan fingerprint density at radius 3 is 2.69 bits per heavy atom. The van der Waals surface area contributed by atoms with Gasteiger partial charge in [0.25, 0.3) is 5.56 Å². The number of carbonyl (C=O) groups is 1. The molecule has 1 fully saturated rings. The summed E-state index contributed by atoms with van der Waals surface area (Å²) in [6.45, 7) is 6.76. The summed E-state index contributed by atoms with van der Waals surface area (Å²) in [5, 5.41) is 22.1. The first kappa shape index (κ1) is 34.2. The minimum absolute atomic E-state index is 0.0674. The van der Waals surface area contributed by atoms with Gasteiger partial charge in [0.1, 0.15) is 42.3 Å². The highest BCUT2D eigenvalue weighted by atomic mass is 35.5. The minimum atomic E-state index is -1.06. The summed E-state index contributed by atoms with van der Waals surface area (Å²) < 4.78 is 22.0. The molecule has 0 saturated carbocycles. The zero-order valence-corrected chi connectivity index (χ0v) is 29.1. The van der Waals surface area contributed by atoms with Crippen molar-refractivity contribution < 1.29 is 19.0 Å². The van der Waals surface area contributed by atoms with Gasteiger partial charge in [-0.25, -0.2) is 19.2 Å². The number of benzene rings is 1. The maximum Gasteiger partial charge on any atom is 0.338 e. The van der Waals surface area contributed by atoms with E-state index in [0.29, 0.717) is 56.8 Å². The number of carboxylic acid groups (broad SMARTS) is 1. The molecular weight excluding hydrogens is 669 g/mol. The number of anilines is 1. The highest BCUT2D eigenvalue weighted by Gasteiger charge is 2.33. The summed E-state index contributed by atoms with van der Waals surface area (Å²) in [6, 6.07) is 9.25. The SMILES string of the molecule is Cc1nc2cnc(N(C)C3CCN(C(C)(C)CF)CC3)c(C#N)c2c(=O)n1CCOc1ccc(Cl)cc1-c1ccnc2c(C(=O)O)csc12. The van der Waals surface area contributed by atoms with E-state index in [-0.39, 0.29) is 41.3 Å². The summed E-state index contributed by atoms with van der Waals surface area (Å²) in [7, 11) is 1.88. The first-order chi connectivity index (χ1) is 23.4. The van der Waals surface area contributed by atoms with Crippen molar-refractivity contribution >= 4 is 55.8 Å². The summed E-state index contributed by atoms with van der Waals surface area (Å²) >= 11 is 7.65. The number of piperidine rings is 1. The molecule has 1 aliphatic rings. The van der Waals surface area contributed by atoms with Crippen LogP contribution in [0.4, 0.5) is 10.2 Å². The third kappa shape index (κ3) is 6.44. The van der Waals surface area contributed by atoms with Crippen molar-refractivity contribution in [2.24, 2.45) is 0 Å². The van der Waals surface area contributed by atoms with Crippen molar-refractivity contribution in [3.05, 3.63) is 74.4 Å². The Morgan fingerprint density at radius 1 is 1.24 bits per heavy atom. The quantitative estimate of drug-likeness (QED) is 0.176. The molecule has 0 spiro atoms. The topological polar surface area (TPSA) is 137 Å². The van der Waals surface area contributed by atoms with Crippen molar-refractivity contribution in [3.8, 4) is 22.9 Å². The normalized spacial score (nSPS) is 14.3. The van der Waals surface area contributed by atoms with Gasteiger partial charge in [0.2, 0.25) is 0 Å². The number of rotatable bonds is 10. The predicted molar refractivity (Wildman–Crippen MR) is 189 cm³/mol. The average Bonchev–Trinajstić information content (AvgIpc) is 3.54. The van der Waals surface area contributed by atoms with Crippen LogP contribution in [0.2, 0.25) is 5.02 Å². The number of aromatic nitrogens is 4. The number of halogens is 2. The third-order valence-electron chi connectivity index (χ3n) is 9.30. The zero-order valence-electron chi connectivity index (χ0n) is 27.5. The summed E-state index contributed by atoms with van der Waals surface area (Å²) in [5.74, 6) is 0.297. The minimum Gasteiger partial charge on any atom is -0.491 e. The van der Waals surface area contributed by atoms with Crippen LogP contribution in [-0.4, -0.2) is 80.5 Å². The molecule has 0 aliphatic carbocycles. The molecule has 0 bridgehead atoms. The summed E-state index contributed by atoms with van der Waals surface area (Å²) in [4.78, 5) is 43.3. The maximum absolute atomic E-state index is 14.0. The number of aromatic carboxylic acids is 1. The Kier molecular flexibility index (Phi) is 9.57. The van der Waals surface area contributed by atoms with E-state index in [4.69, 9.17) is 16.3 Å². The fraction of sp³-hybridized carbons (Fsp3) is 0.371. The molecule has 11 nitrogen and oxygen atoms in total. The number of hydrogen-bond acceptors (Lipinski definition) is 10. The van der Waals surface area contributed by atoms with Crippen molar-refractivity contribution in [1.29, 1.82) is 5.26 Å². The Hall–Kier alpha value is -4.64. The average molecular weight is 704 g/mol. The largest absolute Gasteiger partial charge is 0.491 e. The first-order valence-corrected chi connectivity index (χ1v) is 17.1. The molecule has 0 atom stereocenters. The fourth-order valence-electron chi connectivity index (χ4n) is 6.44. The number of nitrogens with zero attached hydrogens (tertiary/aromatic N) is 7. The van der Waals surface area contributed by atoms with Gasteiger partial charge in [0, 0.05) is 59.4 Å². The molecule has 5 aromatic rings. The molecular formula is C35H35ClFN7O4S. The maximum atomic E-state index is 14.0. The molecule has 0 unspecified atom stereocenters. The molecule has 1 aromatic carbocycles. The van der Waals surface area contributed by atoms with Gasteiger partial charge in [0.05, 0.1) is 39.4 Å². The summed E-state index contributed by atoms with van der Waals surface area (Å²) in [5.41, 5.74) is 1.48. The lowest BCUT2D eigenvalue weighted by molar-refractivity contribution is 0.0665. The molecule has 1 saturated heterocycles. The van der Waals surface area contributed by atoms with Crippen molar-refractivity contribution in [3.63, 3.8) is 0 Å². The van der Waals surface area contributed by atoms with E-state index in [0.717, 1.165) is 18.4 Å². The Bertz CT molecular complexity index is 2170. The second-order valence-electron chi connectivity index (χ2n) is 12.7. The molecule has 4 aromatic heterocycles. The Balaban J connectivity index is 1.27. The van der Waals surface area contributed by atoms with Gasteiger partial charge in [-0.1, -0.05) is 11.6 Å². The van der Waals surface area contributed by atoms with Crippen LogP contribution in [0.5, 0.6) is 5.75 Å². The fourth-order valence-corrected chi connectivity index (χ4v) is 7.64. The number of pyridine rings is 2. The number of thiophene rings is 1. The second kappa shape index (κ2) is 13.7. The van der Waals surface area contributed by atoms with Crippen LogP contribution in [0.25, 0.3) is 32.2 Å². The van der Waals surface area contributed by atoms with Crippen LogP contribution < -0.4 is 15.2 Å². The van der Waals surface area contributed by atoms with Gasteiger partial charge in [-0.3, -0.25) is 19.2 Å². The number of hydrogen-bond donors (Lipinski definition) is 1. The Morgan fingerprint density at radius 2 is 2.00 bits per heavy atom. The Labute approximate surface area is 291 Å². The number of nitriles is 1. The van der Waals surface area contributed by atoms with Crippen molar-refractivity contribution in [1.82, 2.24) is 24.4 Å². The lowest BCUT2D eigenvalue weighted by Crippen LogP contribution is -2.53. The molecule has 1 N–H and O–H groups in total. The van der Waals surface area contributed by atoms with Crippen LogP contribution in [0.3, 0.4) is 0 Å². The van der Waals surface area contributed by atoms with Crippen LogP contribution in [0, 0.1) is 18.3 Å². The zero-order chi connectivity index (χ0) is 35.0. The number of fused-ring (bicyclic) bond motifs is 2. The molecule has 6 rings (SSSR count). The van der Waals surface area contributed by atoms with Gasteiger partial charge in [-0.05, 0) is 57.9 Å². The molecule has 49 heavy (non-hydrogen) atoms. The molecule has 254 valence electrons. The number of likely N-dealkylation sites (tertiary alicyclic amines) is 1. The second-order valence-corrected chi connectivity index (χ2v) is 14.0. The first-order valence-electron chi connectivity index (χ1n) is 15.8. The monoisotopic (exact) mass is 703 g/mol. The van der Waals surface area contributed by atoms with Crippen molar-refractivity contribution in [2.75, 3.05) is 38.3 Å². The number of aryl methyl sites for hydroxylation is 1. The van der Waals surface area contributed by atoms with E-state index in [9.17, 15) is 24.3 Å². The lowest BCUT2D eigenvalue weighted by atomic mass is 9.96. The highest BCUT2D eigenvalue weighted by Crippen LogP contribution is 2.39. The van der Waals surface area contributed by atoms with E-state index >= 15 is 0 Å². The van der Waals surface area contributed by atoms with E-state index in [1.54, 1.807) is 42.8 Å². The van der Waals surface area contributed by atoms with E-state index < -0.39 is 18.2 Å². The molecule has 5 heterocycles. The van der Waals surface area contributed by atoms with Crippen molar-refractivity contribution in [2.45, 2.75) is 51.7 Å². The van der Waals surface area contributed by atoms with Gasteiger partial charge in [-0.2, -0.15) is 5.26 Å². The number of alkyl halides is 1. The number of carboxylic acids is 1. The van der Waals surface area contributed by atoms with Crippen LogP contribution >= 0.6 is 22.9 Å². The van der Waals surface area contributed by atoms with Gasteiger partial charge < -0.3 is 14.7 Å². The smallest absolute Gasteiger partial charge is 0.338 e. The van der Waals surface area contributed by atoms with E-state index in [1.807, 2.05) is 25.8 Å². The van der Waals surface area contributed by atoms with Gasteiger partial charge in [-0.15, -0.1) is 11.3 Å². The highest BCUT2D eigenvalue weighted by molar-refractivity contribution is 7.18. The van der Waals surface area contributed by atoms with E-state index in [1.165, 1.54) is 22.1 Å². The lowest BCUT2D eigenvalue weighted by Gasteiger charge is -2.43. The van der Waals surface area contributed by atoms with Crippen LogP contribution in [-0.2, 0) is 6.54 Å². The predicted octanol–water partition coefficient (Wildman–Crippen LogP) is 6.33. The van der Waals surface area contributed by atoms with Gasteiger partial charge >= 0.3 is 5.97 Å². The molecule has 0 radical (unpaired) electrons. The number of ether oxygens (including phenoxy) is 1. The van der Waals surface area contributed by atoms with E-state index in [2.05, 4.69) is 25.9 Å². The van der Waals surface area contributed by atoms with Crippen LogP contribution in [0.1, 0.15) is 48.4 Å². The third-order valence-corrected chi connectivity index (χ3v) is 10.5. The van der Waals surface area contributed by atoms with Gasteiger partial charge in [0.15, 0.2) is 0 Å². The van der Waals surface area contributed by atoms with Crippen LogP contribution in [0.15, 0.2) is 46.8 Å². The standard InChI is InChI=1S/C35H35ClFN7O4S/c1-20-41-27-17-40-32(42(4)22-8-11-43(12-9-22)35(2,3)19-37)25(16-38)29(27)33(45)44(20)13-14-48-28-6-5-21(36)15-24(28)23-7-10-39-30-26(34(46)47)18-49-31(23)30/h5-7,10,15,17-18,22H,8-9,11-14,19H2,1-4H3,(H,46,47).